The Bertz CT molecular complexity index is 388. The van der Waals surface area contributed by atoms with E-state index in [4.69, 9.17) is 0 Å². The maximum Gasteiger partial charge on any atom is 0.0236 e. The van der Waals surface area contributed by atoms with Gasteiger partial charge in [0.15, 0.2) is 0 Å². The molecule has 17 heavy (non-hydrogen) atoms. The molecule has 2 unspecified atom stereocenters. The Balaban J connectivity index is 1.64. The van der Waals surface area contributed by atoms with Crippen LogP contribution in [0.3, 0.4) is 0 Å². The molecule has 2 heteroatoms. The molecule has 0 bridgehead atoms. The third-order valence-corrected chi connectivity index (χ3v) is 4.40. The van der Waals surface area contributed by atoms with Crippen LogP contribution in [-0.2, 0) is 6.54 Å². The van der Waals surface area contributed by atoms with Gasteiger partial charge in [-0.05, 0) is 36.9 Å². The van der Waals surface area contributed by atoms with Crippen molar-refractivity contribution < 1.29 is 0 Å². The molecule has 2 heterocycles. The number of fused-ring (bicyclic) bond motifs is 1. The highest BCUT2D eigenvalue weighted by Gasteiger charge is 2.38. The molecule has 2 fully saturated rings. The van der Waals surface area contributed by atoms with Gasteiger partial charge in [0, 0.05) is 32.7 Å². The fourth-order valence-electron chi connectivity index (χ4n) is 3.48. The van der Waals surface area contributed by atoms with Crippen molar-refractivity contribution in [2.45, 2.75) is 13.5 Å². The van der Waals surface area contributed by atoms with Gasteiger partial charge in [-0.15, -0.1) is 0 Å². The molecular formula is C15H22N2. The van der Waals surface area contributed by atoms with Crippen molar-refractivity contribution in [3.63, 3.8) is 0 Å². The van der Waals surface area contributed by atoms with Crippen LogP contribution in [0.2, 0.25) is 0 Å². The first-order valence-corrected chi connectivity index (χ1v) is 6.68. The summed E-state index contributed by atoms with van der Waals surface area (Å²) in [6, 6.07) is 8.79. The standard InChI is InChI=1S/C15H22N2/c1-12-5-3-4-6-13(12)9-17-10-14-7-16(2)8-15(14)11-17/h3-6,14-15H,7-11H2,1-2H3. The lowest BCUT2D eigenvalue weighted by Crippen LogP contribution is -2.26. The summed E-state index contributed by atoms with van der Waals surface area (Å²) < 4.78 is 0. The molecule has 0 N–H and O–H groups in total. The van der Waals surface area contributed by atoms with Gasteiger partial charge in [0.05, 0.1) is 0 Å². The summed E-state index contributed by atoms with van der Waals surface area (Å²) in [6.45, 7) is 8.56. The van der Waals surface area contributed by atoms with E-state index < -0.39 is 0 Å². The Morgan fingerprint density at radius 3 is 2.35 bits per heavy atom. The molecule has 92 valence electrons. The van der Waals surface area contributed by atoms with E-state index in [9.17, 15) is 0 Å². The van der Waals surface area contributed by atoms with Crippen molar-refractivity contribution in [3.8, 4) is 0 Å². The molecule has 2 nitrogen and oxygen atoms in total. The maximum absolute atomic E-state index is 2.64. The number of rotatable bonds is 2. The Morgan fingerprint density at radius 1 is 1.06 bits per heavy atom. The first-order chi connectivity index (χ1) is 8.22. The predicted octanol–water partition coefficient (Wildman–Crippen LogP) is 1.99. The Morgan fingerprint density at radius 2 is 1.71 bits per heavy atom. The zero-order valence-electron chi connectivity index (χ0n) is 10.9. The summed E-state index contributed by atoms with van der Waals surface area (Å²) in [5.41, 5.74) is 2.93. The van der Waals surface area contributed by atoms with Gasteiger partial charge in [-0.2, -0.15) is 0 Å². The van der Waals surface area contributed by atoms with E-state index in [0.29, 0.717) is 0 Å². The molecule has 2 atom stereocenters. The maximum atomic E-state index is 2.64. The smallest absolute Gasteiger partial charge is 0.0236 e. The van der Waals surface area contributed by atoms with Gasteiger partial charge in [0.2, 0.25) is 0 Å². The van der Waals surface area contributed by atoms with E-state index in [1.165, 1.54) is 37.3 Å². The van der Waals surface area contributed by atoms with Gasteiger partial charge in [-0.1, -0.05) is 24.3 Å². The minimum Gasteiger partial charge on any atom is -0.306 e. The fraction of sp³-hybridized carbons (Fsp3) is 0.600. The van der Waals surface area contributed by atoms with Gasteiger partial charge >= 0.3 is 0 Å². The van der Waals surface area contributed by atoms with Gasteiger partial charge in [-0.3, -0.25) is 4.90 Å². The summed E-state index contributed by atoms with van der Waals surface area (Å²) >= 11 is 0. The van der Waals surface area contributed by atoms with Crippen LogP contribution in [0.1, 0.15) is 11.1 Å². The normalized spacial score (nSPS) is 29.8. The first kappa shape index (κ1) is 11.2. The number of aryl methyl sites for hydroxylation is 1. The van der Waals surface area contributed by atoms with Crippen LogP contribution in [-0.4, -0.2) is 43.0 Å². The molecule has 1 aromatic carbocycles. The molecule has 2 aliphatic rings. The molecular weight excluding hydrogens is 208 g/mol. The third-order valence-electron chi connectivity index (χ3n) is 4.40. The molecule has 2 aliphatic heterocycles. The second-order valence-corrected chi connectivity index (χ2v) is 5.86. The van der Waals surface area contributed by atoms with E-state index in [1.54, 1.807) is 0 Å². The van der Waals surface area contributed by atoms with Gasteiger partial charge < -0.3 is 4.90 Å². The second-order valence-electron chi connectivity index (χ2n) is 5.86. The van der Waals surface area contributed by atoms with Crippen LogP contribution in [0.15, 0.2) is 24.3 Å². The molecule has 0 aromatic heterocycles. The van der Waals surface area contributed by atoms with E-state index in [2.05, 4.69) is 48.0 Å². The summed E-state index contributed by atoms with van der Waals surface area (Å²) in [5.74, 6) is 1.84. The van der Waals surface area contributed by atoms with Crippen molar-refractivity contribution in [1.82, 2.24) is 9.80 Å². The molecule has 3 rings (SSSR count). The average Bonchev–Trinajstić information content (AvgIpc) is 2.78. The molecule has 0 spiro atoms. The van der Waals surface area contributed by atoms with E-state index in [1.807, 2.05) is 0 Å². The zero-order valence-corrected chi connectivity index (χ0v) is 10.9. The molecule has 0 radical (unpaired) electrons. The minimum absolute atomic E-state index is 0.920. The van der Waals surface area contributed by atoms with Crippen LogP contribution in [0.25, 0.3) is 0 Å². The van der Waals surface area contributed by atoms with Gasteiger partial charge in [-0.25, -0.2) is 0 Å². The number of nitrogens with zero attached hydrogens (tertiary/aromatic N) is 2. The van der Waals surface area contributed by atoms with E-state index >= 15 is 0 Å². The van der Waals surface area contributed by atoms with Crippen molar-refractivity contribution in [1.29, 1.82) is 0 Å². The molecule has 0 saturated carbocycles. The summed E-state index contributed by atoms with van der Waals surface area (Å²) in [7, 11) is 2.25. The number of likely N-dealkylation sites (tertiary alicyclic amines) is 2. The highest BCUT2D eigenvalue weighted by molar-refractivity contribution is 5.25. The summed E-state index contributed by atoms with van der Waals surface area (Å²) in [4.78, 5) is 5.13. The molecule has 0 aliphatic carbocycles. The summed E-state index contributed by atoms with van der Waals surface area (Å²) in [5, 5.41) is 0. The highest BCUT2D eigenvalue weighted by Crippen LogP contribution is 2.31. The van der Waals surface area contributed by atoms with Crippen LogP contribution < -0.4 is 0 Å². The zero-order chi connectivity index (χ0) is 11.8. The van der Waals surface area contributed by atoms with Gasteiger partial charge in [0.25, 0.3) is 0 Å². The average molecular weight is 230 g/mol. The molecule has 1 aromatic rings. The monoisotopic (exact) mass is 230 g/mol. The lowest BCUT2D eigenvalue weighted by Gasteiger charge is -2.19. The number of benzene rings is 1. The molecule has 0 amide bonds. The Kier molecular flexibility index (Phi) is 2.93. The van der Waals surface area contributed by atoms with E-state index in [-0.39, 0.29) is 0 Å². The number of hydrogen-bond donors (Lipinski definition) is 0. The van der Waals surface area contributed by atoms with Crippen LogP contribution >= 0.6 is 0 Å². The number of hydrogen-bond acceptors (Lipinski definition) is 2. The van der Waals surface area contributed by atoms with Crippen LogP contribution in [0.5, 0.6) is 0 Å². The Labute approximate surface area is 104 Å². The lowest BCUT2D eigenvalue weighted by atomic mass is 10.0. The van der Waals surface area contributed by atoms with Crippen LogP contribution in [0, 0.1) is 18.8 Å². The minimum atomic E-state index is 0.920. The predicted molar refractivity (Wildman–Crippen MR) is 70.9 cm³/mol. The van der Waals surface area contributed by atoms with Gasteiger partial charge in [0.1, 0.15) is 0 Å². The van der Waals surface area contributed by atoms with Crippen molar-refractivity contribution in [2.75, 3.05) is 33.2 Å². The first-order valence-electron chi connectivity index (χ1n) is 6.68. The van der Waals surface area contributed by atoms with Crippen molar-refractivity contribution >= 4 is 0 Å². The fourth-order valence-corrected chi connectivity index (χ4v) is 3.48. The quantitative estimate of drug-likeness (QED) is 0.766. The highest BCUT2D eigenvalue weighted by atomic mass is 15.2. The largest absolute Gasteiger partial charge is 0.306 e. The topological polar surface area (TPSA) is 6.48 Å². The van der Waals surface area contributed by atoms with Crippen molar-refractivity contribution in [2.24, 2.45) is 11.8 Å². The SMILES string of the molecule is Cc1ccccc1CN1CC2CN(C)CC2C1. The van der Waals surface area contributed by atoms with Crippen molar-refractivity contribution in [3.05, 3.63) is 35.4 Å². The second kappa shape index (κ2) is 4.43. The summed E-state index contributed by atoms with van der Waals surface area (Å²) in [6.07, 6.45) is 0. The Hall–Kier alpha value is -0.860. The molecule has 2 saturated heterocycles. The lowest BCUT2D eigenvalue weighted by molar-refractivity contribution is 0.272. The third kappa shape index (κ3) is 2.24. The van der Waals surface area contributed by atoms with E-state index in [0.717, 1.165) is 18.4 Å². The van der Waals surface area contributed by atoms with Crippen LogP contribution in [0.4, 0.5) is 0 Å².